The van der Waals surface area contributed by atoms with Crippen molar-refractivity contribution in [3.63, 3.8) is 0 Å². The Bertz CT molecular complexity index is 343. The van der Waals surface area contributed by atoms with Gasteiger partial charge < -0.3 is 10.0 Å². The molecule has 0 aliphatic rings. The molecule has 0 spiro atoms. The van der Waals surface area contributed by atoms with E-state index in [1.807, 2.05) is 49.1 Å². The molecule has 0 fully saturated rings. The van der Waals surface area contributed by atoms with E-state index >= 15 is 0 Å². The van der Waals surface area contributed by atoms with E-state index in [4.69, 9.17) is 0 Å². The van der Waals surface area contributed by atoms with Gasteiger partial charge in [-0.2, -0.15) is 4.91 Å². The van der Waals surface area contributed by atoms with Crippen LogP contribution in [-0.2, 0) is 0 Å². The lowest BCUT2D eigenvalue weighted by Crippen LogP contribution is -2.37. The third kappa shape index (κ3) is 4.45. The zero-order valence-corrected chi connectivity index (χ0v) is 11.1. The summed E-state index contributed by atoms with van der Waals surface area (Å²) in [5.41, 5.74) is 1.02. The summed E-state index contributed by atoms with van der Waals surface area (Å²) in [7, 11) is 0. The highest BCUT2D eigenvalue weighted by Gasteiger charge is 2.16. The quantitative estimate of drug-likeness (QED) is 0.722. The van der Waals surface area contributed by atoms with Gasteiger partial charge in [0.05, 0.1) is 6.10 Å². The molecule has 0 heterocycles. The first-order valence-electron chi connectivity index (χ1n) is 6.51. The molecule has 0 bridgehead atoms. The van der Waals surface area contributed by atoms with E-state index in [2.05, 4.69) is 5.18 Å². The number of rotatable bonds is 8. The highest BCUT2D eigenvalue weighted by Crippen LogP contribution is 2.16. The van der Waals surface area contributed by atoms with Gasteiger partial charge in [0.15, 0.2) is 0 Å². The van der Waals surface area contributed by atoms with E-state index < -0.39 is 0 Å². The van der Waals surface area contributed by atoms with Gasteiger partial charge in [0.25, 0.3) is 0 Å². The summed E-state index contributed by atoms with van der Waals surface area (Å²) >= 11 is 0. The van der Waals surface area contributed by atoms with Crippen molar-refractivity contribution in [2.45, 2.75) is 38.8 Å². The molecule has 1 aromatic carbocycles. The van der Waals surface area contributed by atoms with Crippen LogP contribution in [0, 0.1) is 4.91 Å². The molecule has 0 aromatic heterocycles. The number of hydrogen-bond donors (Lipinski definition) is 1. The Morgan fingerprint density at radius 2 is 1.83 bits per heavy atom. The van der Waals surface area contributed by atoms with E-state index in [0.29, 0.717) is 19.5 Å². The smallest absolute Gasteiger partial charge is 0.109 e. The van der Waals surface area contributed by atoms with Crippen LogP contribution in [0.3, 0.4) is 0 Å². The number of aliphatic hydroxyl groups is 1. The maximum absolute atomic E-state index is 10.7. The molecule has 1 rings (SSSR count). The molecule has 0 aliphatic heterocycles. The molecule has 4 nitrogen and oxygen atoms in total. The van der Waals surface area contributed by atoms with Gasteiger partial charge in [-0.1, -0.05) is 37.2 Å². The normalized spacial score (nSPS) is 13.9. The third-order valence-corrected chi connectivity index (χ3v) is 3.08. The number of anilines is 1. The molecule has 100 valence electrons. The number of benzene rings is 1. The Hall–Kier alpha value is -1.42. The maximum Gasteiger partial charge on any atom is 0.109 e. The van der Waals surface area contributed by atoms with Gasteiger partial charge >= 0.3 is 0 Å². The Balaban J connectivity index is 2.78. The van der Waals surface area contributed by atoms with E-state index in [1.54, 1.807) is 0 Å². The largest absolute Gasteiger partial charge is 0.391 e. The van der Waals surface area contributed by atoms with Gasteiger partial charge in [-0.05, 0) is 25.0 Å². The molecule has 2 unspecified atom stereocenters. The van der Waals surface area contributed by atoms with Crippen LogP contribution in [0.25, 0.3) is 0 Å². The molecule has 1 N–H and O–H groups in total. The minimum Gasteiger partial charge on any atom is -0.391 e. The first kappa shape index (κ1) is 14.6. The van der Waals surface area contributed by atoms with Crippen molar-refractivity contribution in [3.8, 4) is 0 Å². The van der Waals surface area contributed by atoms with Crippen LogP contribution >= 0.6 is 0 Å². The Morgan fingerprint density at radius 3 is 2.33 bits per heavy atom. The standard InChI is InChI=1S/C14H22N2O2/c1-3-12(15-18)10-16(11-14(17)4-2)13-8-6-5-7-9-13/h5-9,12,14,17H,3-4,10-11H2,1-2H3. The molecular weight excluding hydrogens is 228 g/mol. The molecule has 18 heavy (non-hydrogen) atoms. The van der Waals surface area contributed by atoms with Crippen molar-refractivity contribution in [2.75, 3.05) is 18.0 Å². The maximum atomic E-state index is 10.7. The molecule has 2 atom stereocenters. The molecule has 4 heteroatoms. The topological polar surface area (TPSA) is 52.9 Å². The summed E-state index contributed by atoms with van der Waals surface area (Å²) in [6, 6.07) is 9.60. The van der Waals surface area contributed by atoms with Gasteiger partial charge in [-0.25, -0.2) is 0 Å². The predicted octanol–water partition coefficient (Wildman–Crippen LogP) is 2.81. The summed E-state index contributed by atoms with van der Waals surface area (Å²) in [5.74, 6) is 0. The summed E-state index contributed by atoms with van der Waals surface area (Å²) in [4.78, 5) is 12.8. The van der Waals surface area contributed by atoms with Crippen molar-refractivity contribution in [2.24, 2.45) is 5.18 Å². The molecular formula is C14H22N2O2. The third-order valence-electron chi connectivity index (χ3n) is 3.08. The van der Waals surface area contributed by atoms with Crippen LogP contribution in [-0.4, -0.2) is 30.3 Å². The fourth-order valence-corrected chi connectivity index (χ4v) is 1.80. The minimum atomic E-state index is -0.380. The van der Waals surface area contributed by atoms with Crippen molar-refractivity contribution in [3.05, 3.63) is 35.2 Å². The van der Waals surface area contributed by atoms with Gasteiger partial charge in [0, 0.05) is 18.8 Å². The minimum absolute atomic E-state index is 0.228. The van der Waals surface area contributed by atoms with Crippen molar-refractivity contribution >= 4 is 5.69 Å². The fraction of sp³-hybridized carbons (Fsp3) is 0.571. The summed E-state index contributed by atoms with van der Waals surface area (Å²) in [5, 5.41) is 12.9. The second-order valence-corrected chi connectivity index (χ2v) is 4.47. The van der Waals surface area contributed by atoms with E-state index in [0.717, 1.165) is 12.1 Å². The Labute approximate surface area is 109 Å². The molecule has 0 saturated carbocycles. The second-order valence-electron chi connectivity index (χ2n) is 4.47. The van der Waals surface area contributed by atoms with E-state index in [1.165, 1.54) is 0 Å². The van der Waals surface area contributed by atoms with E-state index in [9.17, 15) is 10.0 Å². The van der Waals surface area contributed by atoms with Gasteiger partial charge in [0.2, 0.25) is 0 Å². The van der Waals surface area contributed by atoms with Crippen LogP contribution < -0.4 is 4.90 Å². The first-order valence-corrected chi connectivity index (χ1v) is 6.51. The van der Waals surface area contributed by atoms with Crippen LogP contribution in [0.15, 0.2) is 35.5 Å². The lowest BCUT2D eigenvalue weighted by atomic mass is 10.1. The van der Waals surface area contributed by atoms with Gasteiger partial charge in [-0.3, -0.25) is 0 Å². The van der Waals surface area contributed by atoms with E-state index in [-0.39, 0.29) is 12.1 Å². The number of nitroso groups, excluding NO2 is 1. The van der Waals surface area contributed by atoms with Crippen LogP contribution in [0.1, 0.15) is 26.7 Å². The predicted molar refractivity (Wildman–Crippen MR) is 74.8 cm³/mol. The monoisotopic (exact) mass is 250 g/mol. The fourth-order valence-electron chi connectivity index (χ4n) is 1.80. The number of hydrogen-bond acceptors (Lipinski definition) is 4. The highest BCUT2D eigenvalue weighted by atomic mass is 16.3. The average Bonchev–Trinajstić information content (AvgIpc) is 2.44. The number of nitrogens with zero attached hydrogens (tertiary/aromatic N) is 2. The van der Waals surface area contributed by atoms with Gasteiger partial charge in [0.1, 0.15) is 6.04 Å². The lowest BCUT2D eigenvalue weighted by molar-refractivity contribution is 0.175. The average molecular weight is 250 g/mol. The van der Waals surface area contributed by atoms with Crippen molar-refractivity contribution in [1.29, 1.82) is 0 Å². The second kappa shape index (κ2) is 7.82. The van der Waals surface area contributed by atoms with Crippen molar-refractivity contribution < 1.29 is 5.11 Å². The zero-order valence-electron chi connectivity index (χ0n) is 11.1. The van der Waals surface area contributed by atoms with Crippen LogP contribution in [0.4, 0.5) is 5.69 Å². The molecule has 0 saturated heterocycles. The summed E-state index contributed by atoms with van der Waals surface area (Å²) < 4.78 is 0. The van der Waals surface area contributed by atoms with Gasteiger partial charge in [-0.15, -0.1) is 0 Å². The number of aliphatic hydroxyl groups excluding tert-OH is 1. The highest BCUT2D eigenvalue weighted by molar-refractivity contribution is 5.46. The zero-order chi connectivity index (χ0) is 13.4. The first-order chi connectivity index (χ1) is 8.71. The molecule has 0 radical (unpaired) electrons. The van der Waals surface area contributed by atoms with Crippen LogP contribution in [0.2, 0.25) is 0 Å². The summed E-state index contributed by atoms with van der Waals surface area (Å²) in [6.07, 6.45) is 1.04. The SMILES string of the molecule is CCC(O)CN(CC(CC)N=O)c1ccccc1. The summed E-state index contributed by atoms with van der Waals surface area (Å²) in [6.45, 7) is 4.99. The Kier molecular flexibility index (Phi) is 6.36. The van der Waals surface area contributed by atoms with Crippen LogP contribution in [0.5, 0.6) is 0 Å². The lowest BCUT2D eigenvalue weighted by Gasteiger charge is -2.28. The molecule has 0 amide bonds. The molecule has 1 aromatic rings. The Morgan fingerprint density at radius 1 is 1.17 bits per heavy atom. The molecule has 0 aliphatic carbocycles. The number of para-hydroxylation sites is 1. The van der Waals surface area contributed by atoms with Crippen molar-refractivity contribution in [1.82, 2.24) is 0 Å².